The number of nitrogens with zero attached hydrogens (tertiary/aromatic N) is 6. The van der Waals surface area contributed by atoms with Gasteiger partial charge in [-0.05, 0) is 24.3 Å². The van der Waals surface area contributed by atoms with E-state index >= 15 is 0 Å². The van der Waals surface area contributed by atoms with Crippen LogP contribution < -0.4 is 4.74 Å². The van der Waals surface area contributed by atoms with Crippen LogP contribution in [0.25, 0.3) is 22.3 Å². The van der Waals surface area contributed by atoms with Gasteiger partial charge in [-0.15, -0.1) is 0 Å². The smallest absolute Gasteiger partial charge is 0.275 e. The van der Waals surface area contributed by atoms with E-state index in [-0.39, 0.29) is 24.1 Å². The zero-order valence-electron chi connectivity index (χ0n) is 17.9. The van der Waals surface area contributed by atoms with Crippen LogP contribution in [-0.2, 0) is 6.61 Å². The van der Waals surface area contributed by atoms with Crippen LogP contribution in [0.4, 0.5) is 0 Å². The summed E-state index contributed by atoms with van der Waals surface area (Å²) in [6.07, 6.45) is 6.42. The highest BCUT2D eigenvalue weighted by molar-refractivity contribution is 5.92. The number of para-hydroxylation sites is 1. The zero-order chi connectivity index (χ0) is 22.9. The molecule has 0 radical (unpaired) electrons. The molecule has 0 unspecified atom stereocenters. The van der Waals surface area contributed by atoms with E-state index in [4.69, 9.17) is 13.7 Å². The third kappa shape index (κ3) is 3.75. The number of carbonyl (C=O) groups excluding carboxylic acids is 1. The molecule has 4 aromatic heterocycles. The molecule has 1 aliphatic heterocycles. The number of likely N-dealkylation sites (tertiary alicyclic amines) is 1. The summed E-state index contributed by atoms with van der Waals surface area (Å²) in [6, 6.07) is 13.2. The van der Waals surface area contributed by atoms with Crippen molar-refractivity contribution in [3.63, 3.8) is 0 Å². The predicted molar refractivity (Wildman–Crippen MR) is 119 cm³/mol. The number of amides is 1. The molecule has 0 aliphatic carbocycles. The molecule has 5 heterocycles. The second kappa shape index (κ2) is 8.39. The summed E-state index contributed by atoms with van der Waals surface area (Å²) in [5.74, 6) is 1.68. The average Bonchev–Trinajstić information content (AvgIpc) is 3.53. The van der Waals surface area contributed by atoms with Crippen molar-refractivity contribution in [3.8, 4) is 17.1 Å². The number of rotatable bonds is 6. The van der Waals surface area contributed by atoms with Crippen molar-refractivity contribution in [3.05, 3.63) is 84.8 Å². The number of fused-ring (bicyclic) bond motifs is 1. The minimum absolute atomic E-state index is 0.0181. The Morgan fingerprint density at radius 2 is 1.97 bits per heavy atom. The molecule has 0 N–H and O–H groups in total. The van der Waals surface area contributed by atoms with Gasteiger partial charge in [0.1, 0.15) is 17.5 Å². The van der Waals surface area contributed by atoms with E-state index in [2.05, 4.69) is 25.1 Å². The summed E-state index contributed by atoms with van der Waals surface area (Å²) in [7, 11) is 0. The topological polar surface area (TPSA) is 120 Å². The van der Waals surface area contributed by atoms with Crippen LogP contribution in [0, 0.1) is 0 Å². The van der Waals surface area contributed by atoms with Crippen molar-refractivity contribution in [2.75, 3.05) is 13.1 Å². The Labute approximate surface area is 193 Å². The number of oxazole rings is 1. The fraction of sp³-hybridized carbons (Fsp3) is 0.167. The van der Waals surface area contributed by atoms with Gasteiger partial charge in [-0.3, -0.25) is 14.8 Å². The summed E-state index contributed by atoms with van der Waals surface area (Å²) >= 11 is 0. The summed E-state index contributed by atoms with van der Waals surface area (Å²) in [5, 5.41) is 4.99. The minimum atomic E-state index is -0.218. The summed E-state index contributed by atoms with van der Waals surface area (Å²) in [6.45, 7) is 1.02. The molecule has 10 heteroatoms. The molecule has 0 atom stereocenters. The number of hydrogen-bond acceptors (Lipinski definition) is 9. The van der Waals surface area contributed by atoms with Crippen molar-refractivity contribution >= 4 is 16.8 Å². The number of ether oxygens (including phenoxy) is 1. The molecule has 1 fully saturated rings. The normalized spacial score (nSPS) is 13.7. The van der Waals surface area contributed by atoms with Crippen LogP contribution in [-0.4, -0.2) is 49.0 Å². The van der Waals surface area contributed by atoms with Crippen LogP contribution >= 0.6 is 0 Å². The molecule has 1 aromatic carbocycles. The molecule has 34 heavy (non-hydrogen) atoms. The van der Waals surface area contributed by atoms with Crippen LogP contribution in [0.15, 0.2) is 76.3 Å². The first-order valence-corrected chi connectivity index (χ1v) is 10.7. The lowest BCUT2D eigenvalue weighted by atomic mass is 10.00. The first-order valence-electron chi connectivity index (χ1n) is 10.7. The highest BCUT2D eigenvalue weighted by Crippen LogP contribution is 2.29. The van der Waals surface area contributed by atoms with Crippen molar-refractivity contribution in [2.24, 2.45) is 0 Å². The molecule has 168 valence electrons. The summed E-state index contributed by atoms with van der Waals surface area (Å²) in [5.41, 5.74) is 1.77. The maximum atomic E-state index is 12.8. The van der Waals surface area contributed by atoms with E-state index in [0.29, 0.717) is 36.4 Å². The van der Waals surface area contributed by atoms with Crippen molar-refractivity contribution < 1.29 is 18.5 Å². The molecule has 6 rings (SSSR count). The maximum Gasteiger partial charge on any atom is 0.275 e. The standard InChI is InChI=1S/C24H18N6O4/c31-24(30-11-17(12-30)23-28-22(29-34-23)16-6-2-8-25-10-16)18-13-33-20(27-18)14-32-19-7-1-4-15-5-3-9-26-21(15)19/h1-10,13,17H,11-12,14H2. The fourth-order valence-corrected chi connectivity index (χ4v) is 3.78. The lowest BCUT2D eigenvalue weighted by Crippen LogP contribution is -2.48. The monoisotopic (exact) mass is 454 g/mol. The second-order valence-corrected chi connectivity index (χ2v) is 7.85. The van der Waals surface area contributed by atoms with Gasteiger partial charge in [0.05, 0.1) is 5.92 Å². The van der Waals surface area contributed by atoms with Gasteiger partial charge in [0.2, 0.25) is 17.6 Å². The first-order chi connectivity index (χ1) is 16.7. The lowest BCUT2D eigenvalue weighted by Gasteiger charge is -2.36. The highest BCUT2D eigenvalue weighted by atomic mass is 16.5. The van der Waals surface area contributed by atoms with Crippen LogP contribution in [0.2, 0.25) is 0 Å². The number of aromatic nitrogens is 5. The summed E-state index contributed by atoms with van der Waals surface area (Å²) in [4.78, 5) is 31.6. The number of carbonyl (C=O) groups is 1. The SMILES string of the molecule is O=C(c1coc(COc2cccc3cccnc23)n1)N1CC(c2nc(-c3cccnc3)no2)C1. The summed E-state index contributed by atoms with van der Waals surface area (Å²) < 4.78 is 16.7. The van der Waals surface area contributed by atoms with Crippen LogP contribution in [0.1, 0.15) is 28.2 Å². The number of benzene rings is 1. The Balaban J connectivity index is 1.07. The fourth-order valence-electron chi connectivity index (χ4n) is 3.78. The Kier molecular flexibility index (Phi) is 4.95. The lowest BCUT2D eigenvalue weighted by molar-refractivity contribution is 0.0563. The Hall–Kier alpha value is -4.60. The largest absolute Gasteiger partial charge is 0.482 e. The average molecular weight is 454 g/mol. The molecule has 1 aliphatic rings. The Bertz CT molecular complexity index is 1450. The van der Waals surface area contributed by atoms with E-state index in [9.17, 15) is 4.79 Å². The second-order valence-electron chi connectivity index (χ2n) is 7.85. The van der Waals surface area contributed by atoms with Gasteiger partial charge in [-0.25, -0.2) is 4.98 Å². The van der Waals surface area contributed by atoms with Gasteiger partial charge in [0.25, 0.3) is 5.91 Å². The third-order valence-electron chi connectivity index (χ3n) is 5.60. The van der Waals surface area contributed by atoms with Crippen molar-refractivity contribution in [1.29, 1.82) is 0 Å². The van der Waals surface area contributed by atoms with E-state index < -0.39 is 0 Å². The first kappa shape index (κ1) is 20.0. The van der Waals surface area contributed by atoms with Gasteiger partial charge in [0, 0.05) is 42.6 Å². The van der Waals surface area contributed by atoms with Gasteiger partial charge >= 0.3 is 0 Å². The maximum absolute atomic E-state index is 12.8. The molecule has 10 nitrogen and oxygen atoms in total. The molecule has 1 amide bonds. The van der Waals surface area contributed by atoms with E-state index in [1.807, 2.05) is 42.5 Å². The van der Waals surface area contributed by atoms with Crippen LogP contribution in [0.3, 0.4) is 0 Å². The molecule has 0 bridgehead atoms. The third-order valence-corrected chi connectivity index (χ3v) is 5.60. The highest BCUT2D eigenvalue weighted by Gasteiger charge is 2.37. The predicted octanol–water partition coefficient (Wildman–Crippen LogP) is 3.49. The molecular weight excluding hydrogens is 436 g/mol. The van der Waals surface area contributed by atoms with E-state index in [1.165, 1.54) is 6.26 Å². The quantitative estimate of drug-likeness (QED) is 0.380. The zero-order valence-corrected chi connectivity index (χ0v) is 17.9. The molecule has 5 aromatic rings. The van der Waals surface area contributed by atoms with Gasteiger partial charge in [-0.2, -0.15) is 4.98 Å². The van der Waals surface area contributed by atoms with Crippen molar-refractivity contribution in [2.45, 2.75) is 12.5 Å². The van der Waals surface area contributed by atoms with Crippen LogP contribution in [0.5, 0.6) is 5.75 Å². The minimum Gasteiger partial charge on any atom is -0.482 e. The van der Waals surface area contributed by atoms with Crippen molar-refractivity contribution in [1.82, 2.24) is 30.0 Å². The van der Waals surface area contributed by atoms with E-state index in [0.717, 1.165) is 16.5 Å². The molecule has 0 saturated carbocycles. The molecule has 1 saturated heterocycles. The van der Waals surface area contributed by atoms with E-state index in [1.54, 1.807) is 23.5 Å². The van der Waals surface area contributed by atoms with Gasteiger partial charge < -0.3 is 18.6 Å². The number of hydrogen-bond donors (Lipinski definition) is 0. The molecular formula is C24H18N6O4. The molecule has 0 spiro atoms. The number of pyridine rings is 2. The van der Waals surface area contributed by atoms with Gasteiger partial charge in [-0.1, -0.05) is 23.4 Å². The van der Waals surface area contributed by atoms with Gasteiger partial charge in [0.15, 0.2) is 12.3 Å². The Morgan fingerprint density at radius 3 is 2.85 bits per heavy atom. The Morgan fingerprint density at radius 1 is 1.09 bits per heavy atom.